The summed E-state index contributed by atoms with van der Waals surface area (Å²) in [6, 6.07) is 7.11. The van der Waals surface area contributed by atoms with E-state index in [0.717, 1.165) is 26.2 Å². The minimum Gasteiger partial charge on any atom is -0.363 e. The van der Waals surface area contributed by atoms with Gasteiger partial charge in [0.1, 0.15) is 5.69 Å². The number of nitriles is 1. The Kier molecular flexibility index (Phi) is 4.20. The molecule has 0 N–H and O–H groups in total. The monoisotopic (exact) mass is 274 g/mol. The number of piperazine rings is 1. The fraction of sp³-hybridized carbons (Fsp3) is 0.500. The standard InChI is InChI=1S/C14H18N4O2/c1-11(2)16-5-7-17(8-6-16)13-4-3-12(10-15)9-14(13)18(19)20/h3-4,9,11H,5-8H2,1-2H3. The molecule has 6 heteroatoms. The predicted octanol–water partition coefficient (Wildman–Crippen LogP) is 2.00. The fourth-order valence-electron chi connectivity index (χ4n) is 2.49. The SMILES string of the molecule is CC(C)N1CCN(c2ccc(C#N)cc2[N+](=O)[O-])CC1. The number of nitro benzene ring substituents is 1. The van der Waals surface area contributed by atoms with Crippen molar-refractivity contribution in [2.45, 2.75) is 19.9 Å². The van der Waals surface area contributed by atoms with E-state index in [0.29, 0.717) is 17.3 Å². The van der Waals surface area contributed by atoms with E-state index in [9.17, 15) is 10.1 Å². The van der Waals surface area contributed by atoms with Crippen molar-refractivity contribution in [1.82, 2.24) is 4.90 Å². The third-order valence-corrected chi connectivity index (χ3v) is 3.69. The number of anilines is 1. The average Bonchev–Trinajstić information content (AvgIpc) is 2.46. The maximum Gasteiger partial charge on any atom is 0.293 e. The second-order valence-corrected chi connectivity index (χ2v) is 5.19. The quantitative estimate of drug-likeness (QED) is 0.622. The van der Waals surface area contributed by atoms with Crippen molar-refractivity contribution in [3.8, 4) is 6.07 Å². The van der Waals surface area contributed by atoms with Crippen LogP contribution in [0, 0.1) is 21.4 Å². The summed E-state index contributed by atoms with van der Waals surface area (Å²) >= 11 is 0. The lowest BCUT2D eigenvalue weighted by atomic mass is 10.1. The fourth-order valence-corrected chi connectivity index (χ4v) is 2.49. The highest BCUT2D eigenvalue weighted by molar-refractivity contribution is 5.65. The first-order chi connectivity index (χ1) is 9.52. The van der Waals surface area contributed by atoms with Gasteiger partial charge in [0.2, 0.25) is 0 Å². The minimum atomic E-state index is -0.412. The highest BCUT2D eigenvalue weighted by Crippen LogP contribution is 2.30. The molecule has 0 radical (unpaired) electrons. The van der Waals surface area contributed by atoms with Crippen molar-refractivity contribution in [3.05, 3.63) is 33.9 Å². The van der Waals surface area contributed by atoms with Crippen LogP contribution in [0.15, 0.2) is 18.2 Å². The van der Waals surface area contributed by atoms with Crippen molar-refractivity contribution in [3.63, 3.8) is 0 Å². The van der Waals surface area contributed by atoms with Crippen LogP contribution in [0.4, 0.5) is 11.4 Å². The van der Waals surface area contributed by atoms with Gasteiger partial charge in [-0.15, -0.1) is 0 Å². The second-order valence-electron chi connectivity index (χ2n) is 5.19. The van der Waals surface area contributed by atoms with Gasteiger partial charge in [-0.2, -0.15) is 5.26 Å². The molecule has 0 saturated carbocycles. The Morgan fingerprint density at radius 3 is 2.45 bits per heavy atom. The lowest BCUT2D eigenvalue weighted by Gasteiger charge is -2.37. The Morgan fingerprint density at radius 2 is 1.95 bits per heavy atom. The molecule has 1 heterocycles. The molecular weight excluding hydrogens is 256 g/mol. The van der Waals surface area contributed by atoms with E-state index in [-0.39, 0.29) is 5.69 Å². The third-order valence-electron chi connectivity index (χ3n) is 3.69. The molecule has 106 valence electrons. The van der Waals surface area contributed by atoms with E-state index in [4.69, 9.17) is 5.26 Å². The average molecular weight is 274 g/mol. The summed E-state index contributed by atoms with van der Waals surface area (Å²) in [7, 11) is 0. The van der Waals surface area contributed by atoms with Gasteiger partial charge in [0.05, 0.1) is 16.6 Å². The molecule has 1 aliphatic heterocycles. The Bertz CT molecular complexity index is 543. The summed E-state index contributed by atoms with van der Waals surface area (Å²) < 4.78 is 0. The highest BCUT2D eigenvalue weighted by Gasteiger charge is 2.24. The summed E-state index contributed by atoms with van der Waals surface area (Å²) in [5.74, 6) is 0. The van der Waals surface area contributed by atoms with Gasteiger partial charge in [-0.25, -0.2) is 0 Å². The van der Waals surface area contributed by atoms with Gasteiger partial charge < -0.3 is 4.90 Å². The van der Waals surface area contributed by atoms with Crippen LogP contribution < -0.4 is 4.90 Å². The Hall–Kier alpha value is -2.13. The van der Waals surface area contributed by atoms with Gasteiger partial charge in [-0.1, -0.05) is 0 Å². The highest BCUT2D eigenvalue weighted by atomic mass is 16.6. The molecule has 0 atom stereocenters. The molecule has 20 heavy (non-hydrogen) atoms. The second kappa shape index (κ2) is 5.88. The largest absolute Gasteiger partial charge is 0.363 e. The summed E-state index contributed by atoms with van der Waals surface area (Å²) in [5.41, 5.74) is 0.945. The van der Waals surface area contributed by atoms with Crippen molar-refractivity contribution in [1.29, 1.82) is 5.26 Å². The van der Waals surface area contributed by atoms with Gasteiger partial charge >= 0.3 is 0 Å². The number of hydrogen-bond donors (Lipinski definition) is 0. The van der Waals surface area contributed by atoms with Gasteiger partial charge in [0.25, 0.3) is 5.69 Å². The first kappa shape index (κ1) is 14.3. The van der Waals surface area contributed by atoms with Crippen molar-refractivity contribution in [2.24, 2.45) is 0 Å². The van der Waals surface area contributed by atoms with Crippen LogP contribution >= 0.6 is 0 Å². The van der Waals surface area contributed by atoms with Crippen LogP contribution in [-0.4, -0.2) is 42.0 Å². The van der Waals surface area contributed by atoms with Crippen LogP contribution in [0.1, 0.15) is 19.4 Å². The topological polar surface area (TPSA) is 73.4 Å². The van der Waals surface area contributed by atoms with E-state index in [2.05, 4.69) is 18.7 Å². The maximum absolute atomic E-state index is 11.2. The Balaban J connectivity index is 2.22. The molecule has 6 nitrogen and oxygen atoms in total. The lowest BCUT2D eigenvalue weighted by molar-refractivity contribution is -0.384. The Morgan fingerprint density at radius 1 is 1.30 bits per heavy atom. The zero-order valence-electron chi connectivity index (χ0n) is 11.7. The van der Waals surface area contributed by atoms with Gasteiger partial charge in [0, 0.05) is 38.3 Å². The van der Waals surface area contributed by atoms with Crippen LogP contribution in [0.5, 0.6) is 0 Å². The molecule has 2 rings (SSSR count). The van der Waals surface area contributed by atoms with Crippen LogP contribution in [0.2, 0.25) is 0 Å². The molecular formula is C14H18N4O2. The zero-order valence-corrected chi connectivity index (χ0v) is 11.7. The Labute approximate surface area is 118 Å². The van der Waals surface area contributed by atoms with E-state index < -0.39 is 4.92 Å². The third kappa shape index (κ3) is 2.89. The predicted molar refractivity (Wildman–Crippen MR) is 76.7 cm³/mol. The van der Waals surface area contributed by atoms with E-state index >= 15 is 0 Å². The first-order valence-corrected chi connectivity index (χ1v) is 6.70. The molecule has 0 unspecified atom stereocenters. The normalized spacial score (nSPS) is 16.2. The van der Waals surface area contributed by atoms with Gasteiger partial charge in [-0.3, -0.25) is 15.0 Å². The minimum absolute atomic E-state index is 0.0158. The van der Waals surface area contributed by atoms with Crippen LogP contribution in [0.25, 0.3) is 0 Å². The molecule has 1 fully saturated rings. The van der Waals surface area contributed by atoms with Gasteiger partial charge in [-0.05, 0) is 26.0 Å². The molecule has 1 aromatic carbocycles. The summed E-state index contributed by atoms with van der Waals surface area (Å²) in [6.07, 6.45) is 0. The van der Waals surface area contributed by atoms with Crippen molar-refractivity contribution >= 4 is 11.4 Å². The number of nitro groups is 1. The smallest absolute Gasteiger partial charge is 0.293 e. The van der Waals surface area contributed by atoms with Crippen molar-refractivity contribution in [2.75, 3.05) is 31.1 Å². The molecule has 1 aromatic rings. The molecule has 0 aromatic heterocycles. The van der Waals surface area contributed by atoms with Gasteiger partial charge in [0.15, 0.2) is 0 Å². The molecule has 1 saturated heterocycles. The number of benzene rings is 1. The zero-order chi connectivity index (χ0) is 14.7. The number of rotatable bonds is 3. The number of hydrogen-bond acceptors (Lipinski definition) is 5. The van der Waals surface area contributed by atoms with Crippen LogP contribution in [-0.2, 0) is 0 Å². The lowest BCUT2D eigenvalue weighted by Crippen LogP contribution is -2.49. The molecule has 1 aliphatic rings. The van der Waals surface area contributed by atoms with E-state index in [1.54, 1.807) is 12.1 Å². The van der Waals surface area contributed by atoms with E-state index in [1.165, 1.54) is 6.07 Å². The molecule has 0 aliphatic carbocycles. The van der Waals surface area contributed by atoms with Crippen molar-refractivity contribution < 1.29 is 4.92 Å². The number of nitrogens with zero attached hydrogens (tertiary/aromatic N) is 4. The van der Waals surface area contributed by atoms with Crippen LogP contribution in [0.3, 0.4) is 0 Å². The summed E-state index contributed by atoms with van der Waals surface area (Å²) in [4.78, 5) is 15.1. The summed E-state index contributed by atoms with van der Waals surface area (Å²) in [5, 5.41) is 20.0. The summed E-state index contributed by atoms with van der Waals surface area (Å²) in [6.45, 7) is 7.64. The first-order valence-electron chi connectivity index (χ1n) is 6.70. The van der Waals surface area contributed by atoms with E-state index in [1.807, 2.05) is 11.0 Å². The molecule has 0 spiro atoms. The maximum atomic E-state index is 11.2. The molecule has 0 bridgehead atoms. The molecule has 0 amide bonds.